The van der Waals surface area contributed by atoms with Crippen molar-refractivity contribution in [2.24, 2.45) is 5.16 Å². The zero-order chi connectivity index (χ0) is 13.2. The van der Waals surface area contributed by atoms with Crippen molar-refractivity contribution in [3.8, 4) is 0 Å². The summed E-state index contributed by atoms with van der Waals surface area (Å²) in [5.41, 5.74) is 2.71. The summed E-state index contributed by atoms with van der Waals surface area (Å²) in [6, 6.07) is 6.48. The highest BCUT2D eigenvalue weighted by Gasteiger charge is 2.25. The molecule has 1 aromatic rings. The van der Waals surface area contributed by atoms with E-state index in [2.05, 4.69) is 17.3 Å². The molecule has 0 saturated carbocycles. The predicted octanol–water partition coefficient (Wildman–Crippen LogP) is 2.97. The maximum absolute atomic E-state index is 10.8. The second kappa shape index (κ2) is 4.68. The lowest BCUT2D eigenvalue weighted by molar-refractivity contribution is -0.384. The molecule has 1 unspecified atom stereocenters. The van der Waals surface area contributed by atoms with Crippen LogP contribution in [0.4, 0.5) is 5.69 Å². The Kier molecular flexibility index (Phi) is 2.87. The lowest BCUT2D eigenvalue weighted by Crippen LogP contribution is -2.09. The van der Waals surface area contributed by atoms with E-state index >= 15 is 0 Å². The van der Waals surface area contributed by atoms with Crippen LogP contribution in [0.3, 0.4) is 0 Å². The van der Waals surface area contributed by atoms with Crippen molar-refractivity contribution in [2.75, 3.05) is 0 Å². The van der Waals surface area contributed by atoms with Gasteiger partial charge in [0.1, 0.15) is 0 Å². The van der Waals surface area contributed by atoms with Crippen LogP contribution in [-0.2, 0) is 4.84 Å². The highest BCUT2D eigenvalue weighted by atomic mass is 16.6. The molecule has 0 spiro atoms. The van der Waals surface area contributed by atoms with Gasteiger partial charge in [-0.05, 0) is 12.0 Å². The SMILES string of the molecule is O=[N+]([O-])c1cccc(C2=NOC(C3=CCC=C3)C2)c1. The van der Waals surface area contributed by atoms with Gasteiger partial charge in [-0.1, -0.05) is 35.5 Å². The summed E-state index contributed by atoms with van der Waals surface area (Å²) in [5.74, 6) is 0. The number of rotatable bonds is 3. The molecule has 1 aromatic carbocycles. The number of nitro benzene ring substituents is 1. The molecule has 1 aliphatic heterocycles. The minimum absolute atomic E-state index is 0.0620. The first kappa shape index (κ1) is 11.6. The molecule has 96 valence electrons. The first-order chi connectivity index (χ1) is 9.24. The molecule has 0 N–H and O–H groups in total. The largest absolute Gasteiger partial charge is 0.387 e. The maximum Gasteiger partial charge on any atom is 0.270 e. The Labute approximate surface area is 110 Å². The van der Waals surface area contributed by atoms with Crippen molar-refractivity contribution in [2.45, 2.75) is 18.9 Å². The van der Waals surface area contributed by atoms with E-state index in [-0.39, 0.29) is 11.8 Å². The molecule has 0 amide bonds. The molecule has 1 aliphatic carbocycles. The molecule has 0 radical (unpaired) electrons. The summed E-state index contributed by atoms with van der Waals surface area (Å²) < 4.78 is 0. The fourth-order valence-corrected chi connectivity index (χ4v) is 2.24. The minimum Gasteiger partial charge on any atom is -0.387 e. The van der Waals surface area contributed by atoms with Crippen molar-refractivity contribution in [1.29, 1.82) is 0 Å². The van der Waals surface area contributed by atoms with E-state index in [4.69, 9.17) is 4.84 Å². The van der Waals surface area contributed by atoms with Crippen molar-refractivity contribution >= 4 is 11.4 Å². The molecule has 1 atom stereocenters. The number of oxime groups is 1. The summed E-state index contributed by atoms with van der Waals surface area (Å²) in [6.07, 6.45) is 7.74. The van der Waals surface area contributed by atoms with Crippen LogP contribution >= 0.6 is 0 Å². The van der Waals surface area contributed by atoms with Crippen molar-refractivity contribution in [3.63, 3.8) is 0 Å². The number of hydrogen-bond acceptors (Lipinski definition) is 4. The number of nitrogens with zero attached hydrogens (tertiary/aromatic N) is 2. The Hall–Kier alpha value is -2.43. The molecule has 0 aromatic heterocycles. The van der Waals surface area contributed by atoms with E-state index in [1.165, 1.54) is 12.1 Å². The molecule has 0 saturated heterocycles. The Balaban J connectivity index is 1.79. The Morgan fingerprint density at radius 1 is 1.42 bits per heavy atom. The lowest BCUT2D eigenvalue weighted by Gasteiger charge is -2.06. The van der Waals surface area contributed by atoms with Gasteiger partial charge in [-0.3, -0.25) is 10.1 Å². The molecule has 5 nitrogen and oxygen atoms in total. The number of benzene rings is 1. The predicted molar refractivity (Wildman–Crippen MR) is 71.0 cm³/mol. The Bertz CT molecular complexity index is 617. The van der Waals surface area contributed by atoms with Crippen LogP contribution < -0.4 is 0 Å². The van der Waals surface area contributed by atoms with E-state index in [1.807, 2.05) is 12.1 Å². The van der Waals surface area contributed by atoms with E-state index in [0.717, 1.165) is 23.3 Å². The third-order valence-electron chi connectivity index (χ3n) is 3.23. The molecule has 5 heteroatoms. The normalized spacial score (nSPS) is 20.9. The van der Waals surface area contributed by atoms with Crippen molar-refractivity contribution < 1.29 is 9.76 Å². The third-order valence-corrected chi connectivity index (χ3v) is 3.23. The first-order valence-electron chi connectivity index (χ1n) is 6.08. The fraction of sp³-hybridized carbons (Fsp3) is 0.214. The van der Waals surface area contributed by atoms with Crippen LogP contribution in [0, 0.1) is 10.1 Å². The topological polar surface area (TPSA) is 64.7 Å². The smallest absolute Gasteiger partial charge is 0.270 e. The van der Waals surface area contributed by atoms with Gasteiger partial charge >= 0.3 is 0 Å². The fourth-order valence-electron chi connectivity index (χ4n) is 2.24. The highest BCUT2D eigenvalue weighted by Crippen LogP contribution is 2.26. The Morgan fingerprint density at radius 3 is 3.05 bits per heavy atom. The number of hydrogen-bond donors (Lipinski definition) is 0. The third kappa shape index (κ3) is 2.27. The molecule has 2 aliphatic rings. The molecule has 0 bridgehead atoms. The number of non-ortho nitro benzene ring substituents is 1. The van der Waals surface area contributed by atoms with Gasteiger partial charge in [0, 0.05) is 24.1 Å². The first-order valence-corrected chi connectivity index (χ1v) is 6.08. The molecule has 0 fully saturated rings. The summed E-state index contributed by atoms with van der Waals surface area (Å²) in [7, 11) is 0. The van der Waals surface area contributed by atoms with E-state index in [0.29, 0.717) is 6.42 Å². The maximum atomic E-state index is 10.8. The van der Waals surface area contributed by atoms with Gasteiger partial charge < -0.3 is 4.84 Å². The van der Waals surface area contributed by atoms with E-state index in [9.17, 15) is 10.1 Å². The average Bonchev–Trinajstić information content (AvgIpc) is 3.09. The summed E-state index contributed by atoms with van der Waals surface area (Å²) in [5, 5.41) is 14.8. The van der Waals surface area contributed by atoms with Crippen LogP contribution in [-0.4, -0.2) is 16.7 Å². The van der Waals surface area contributed by atoms with Crippen LogP contribution in [0.25, 0.3) is 0 Å². The quantitative estimate of drug-likeness (QED) is 0.616. The molecule has 19 heavy (non-hydrogen) atoms. The van der Waals surface area contributed by atoms with Crippen LogP contribution in [0.5, 0.6) is 0 Å². The van der Waals surface area contributed by atoms with Gasteiger partial charge in [0.2, 0.25) is 0 Å². The zero-order valence-corrected chi connectivity index (χ0v) is 10.2. The van der Waals surface area contributed by atoms with Crippen LogP contribution in [0.2, 0.25) is 0 Å². The second-order valence-electron chi connectivity index (χ2n) is 4.49. The van der Waals surface area contributed by atoms with E-state index in [1.54, 1.807) is 6.07 Å². The van der Waals surface area contributed by atoms with Crippen LogP contribution in [0.1, 0.15) is 18.4 Å². The Morgan fingerprint density at radius 2 is 2.32 bits per heavy atom. The molecule has 1 heterocycles. The van der Waals surface area contributed by atoms with E-state index < -0.39 is 4.92 Å². The van der Waals surface area contributed by atoms with Crippen LogP contribution in [0.15, 0.2) is 53.2 Å². The van der Waals surface area contributed by atoms with Gasteiger partial charge in [0.15, 0.2) is 6.10 Å². The monoisotopic (exact) mass is 256 g/mol. The lowest BCUT2D eigenvalue weighted by atomic mass is 10.0. The summed E-state index contributed by atoms with van der Waals surface area (Å²) in [6.45, 7) is 0. The second-order valence-corrected chi connectivity index (χ2v) is 4.49. The van der Waals surface area contributed by atoms with Crippen molar-refractivity contribution in [3.05, 3.63) is 63.7 Å². The number of allylic oxidation sites excluding steroid dienone is 2. The zero-order valence-electron chi connectivity index (χ0n) is 10.2. The van der Waals surface area contributed by atoms with Gasteiger partial charge in [0.25, 0.3) is 5.69 Å². The molecule has 3 rings (SSSR count). The average molecular weight is 256 g/mol. The summed E-state index contributed by atoms with van der Waals surface area (Å²) >= 11 is 0. The van der Waals surface area contributed by atoms with Gasteiger partial charge in [0.05, 0.1) is 10.6 Å². The van der Waals surface area contributed by atoms with Gasteiger partial charge in [-0.15, -0.1) is 0 Å². The molecular weight excluding hydrogens is 244 g/mol. The summed E-state index contributed by atoms with van der Waals surface area (Å²) in [4.78, 5) is 15.8. The highest BCUT2D eigenvalue weighted by molar-refractivity contribution is 6.02. The standard InChI is InChI=1S/C14H12N2O3/c17-16(18)12-7-3-6-11(8-12)13-9-14(19-15-13)10-4-1-2-5-10/h1,3-8,14H,2,9H2. The minimum atomic E-state index is -0.403. The molecular formula is C14H12N2O3. The van der Waals surface area contributed by atoms with Gasteiger partial charge in [-0.25, -0.2) is 0 Å². The van der Waals surface area contributed by atoms with Crippen molar-refractivity contribution in [1.82, 2.24) is 0 Å². The number of nitro groups is 1. The van der Waals surface area contributed by atoms with Gasteiger partial charge in [-0.2, -0.15) is 0 Å².